The van der Waals surface area contributed by atoms with Crippen LogP contribution in [0.2, 0.25) is 0 Å². The van der Waals surface area contributed by atoms with E-state index in [0.29, 0.717) is 24.3 Å². The van der Waals surface area contributed by atoms with Crippen molar-refractivity contribution in [2.45, 2.75) is 19.3 Å². The van der Waals surface area contributed by atoms with Crippen molar-refractivity contribution in [1.29, 1.82) is 0 Å². The van der Waals surface area contributed by atoms with E-state index in [4.69, 9.17) is 5.11 Å². The second-order valence-corrected chi connectivity index (χ2v) is 7.62. The molecule has 2 aromatic rings. The third-order valence-corrected chi connectivity index (χ3v) is 5.65. The van der Waals surface area contributed by atoms with Crippen LogP contribution in [0.4, 0.5) is 0 Å². The van der Waals surface area contributed by atoms with Crippen LogP contribution in [0.3, 0.4) is 0 Å². The van der Waals surface area contributed by atoms with Crippen LogP contribution >= 0.6 is 0 Å². The quantitative estimate of drug-likeness (QED) is 0.899. The number of carboxylic acids is 1. The first-order chi connectivity index (χ1) is 9.94. The Morgan fingerprint density at radius 3 is 2.95 bits per heavy atom. The Balaban J connectivity index is 1.86. The molecule has 1 N–H and O–H groups in total. The van der Waals surface area contributed by atoms with Crippen LogP contribution in [0, 0.1) is 5.92 Å². The van der Waals surface area contributed by atoms with Gasteiger partial charge in [0.15, 0.2) is 15.5 Å². The van der Waals surface area contributed by atoms with Gasteiger partial charge >= 0.3 is 5.97 Å². The number of rotatable bonds is 3. The predicted molar refractivity (Wildman–Crippen MR) is 75.0 cm³/mol. The zero-order chi connectivity index (χ0) is 15.0. The number of nitrogens with zero attached hydrogens (tertiary/aromatic N) is 3. The van der Waals surface area contributed by atoms with E-state index in [1.807, 2.05) is 0 Å². The first-order valence-corrected chi connectivity index (χ1v) is 8.54. The van der Waals surface area contributed by atoms with Crippen molar-refractivity contribution in [2.75, 3.05) is 11.5 Å². The fourth-order valence-electron chi connectivity index (χ4n) is 2.75. The molecule has 1 atom stereocenters. The Hall–Kier alpha value is -1.96. The first-order valence-electron chi connectivity index (χ1n) is 6.72. The van der Waals surface area contributed by atoms with Crippen LogP contribution in [0.15, 0.2) is 18.3 Å². The van der Waals surface area contributed by atoms with Gasteiger partial charge in [-0.05, 0) is 30.9 Å². The summed E-state index contributed by atoms with van der Waals surface area (Å²) in [5, 5.41) is 17.0. The molecule has 3 rings (SSSR count). The summed E-state index contributed by atoms with van der Waals surface area (Å²) in [6.45, 7) is 0. The summed E-state index contributed by atoms with van der Waals surface area (Å²) in [6.07, 6.45) is 3.70. The lowest BCUT2D eigenvalue weighted by atomic mass is 10.0. The van der Waals surface area contributed by atoms with Crippen molar-refractivity contribution in [3.05, 3.63) is 29.7 Å². The molecule has 1 aliphatic heterocycles. The van der Waals surface area contributed by atoms with Gasteiger partial charge < -0.3 is 5.11 Å². The van der Waals surface area contributed by atoms with Crippen LogP contribution in [0.25, 0.3) is 5.65 Å². The largest absolute Gasteiger partial charge is 0.478 e. The van der Waals surface area contributed by atoms with Gasteiger partial charge in [-0.25, -0.2) is 13.2 Å². The van der Waals surface area contributed by atoms with Crippen molar-refractivity contribution in [1.82, 2.24) is 14.6 Å². The fraction of sp³-hybridized carbons (Fsp3) is 0.462. The standard InChI is InChI=1S/C13H15N3O4S/c17-13(18)10-3-4-16-11(14-15-12(16)7-10)6-9-2-1-5-21(19,20)8-9/h3-4,7,9H,1-2,5-6,8H2,(H,17,18). The highest BCUT2D eigenvalue weighted by Crippen LogP contribution is 2.22. The number of carbonyl (C=O) groups is 1. The van der Waals surface area contributed by atoms with Crippen molar-refractivity contribution >= 4 is 21.5 Å². The van der Waals surface area contributed by atoms with Crippen LogP contribution in [-0.4, -0.2) is 45.6 Å². The molecule has 3 heterocycles. The fourth-order valence-corrected chi connectivity index (χ4v) is 4.53. The van der Waals surface area contributed by atoms with Crippen molar-refractivity contribution in [3.8, 4) is 0 Å². The summed E-state index contributed by atoms with van der Waals surface area (Å²) in [5.74, 6) is 0.168. The number of sulfone groups is 1. The highest BCUT2D eigenvalue weighted by molar-refractivity contribution is 7.91. The molecule has 1 saturated heterocycles. The molecule has 7 nitrogen and oxygen atoms in total. The van der Waals surface area contributed by atoms with E-state index in [-0.39, 0.29) is 23.0 Å². The van der Waals surface area contributed by atoms with Crippen molar-refractivity contribution < 1.29 is 18.3 Å². The summed E-state index contributed by atoms with van der Waals surface area (Å²) in [5.41, 5.74) is 0.616. The van der Waals surface area contributed by atoms with Crippen LogP contribution < -0.4 is 0 Å². The van der Waals surface area contributed by atoms with Gasteiger partial charge in [-0.15, -0.1) is 10.2 Å². The minimum atomic E-state index is -2.94. The summed E-state index contributed by atoms with van der Waals surface area (Å²) in [6, 6.07) is 2.94. The van der Waals surface area contributed by atoms with E-state index < -0.39 is 15.8 Å². The summed E-state index contributed by atoms with van der Waals surface area (Å²) in [7, 11) is -2.94. The van der Waals surface area contributed by atoms with Gasteiger partial charge in [-0.3, -0.25) is 4.40 Å². The normalized spacial score (nSPS) is 21.4. The Bertz CT molecular complexity index is 797. The lowest BCUT2D eigenvalue weighted by Gasteiger charge is -2.20. The topological polar surface area (TPSA) is 102 Å². The number of aromatic carboxylic acids is 1. The lowest BCUT2D eigenvalue weighted by Crippen LogP contribution is -2.27. The average Bonchev–Trinajstić information content (AvgIpc) is 2.80. The lowest BCUT2D eigenvalue weighted by molar-refractivity contribution is 0.0697. The molecule has 8 heteroatoms. The minimum absolute atomic E-state index is 0.0512. The highest BCUT2D eigenvalue weighted by atomic mass is 32.2. The Labute approximate surface area is 121 Å². The molecule has 0 bridgehead atoms. The molecule has 0 aliphatic carbocycles. The van der Waals surface area contributed by atoms with E-state index in [9.17, 15) is 13.2 Å². The van der Waals surface area contributed by atoms with E-state index in [1.165, 1.54) is 12.1 Å². The Kier molecular flexibility index (Phi) is 3.40. The van der Waals surface area contributed by atoms with Crippen LogP contribution in [0.1, 0.15) is 29.0 Å². The maximum absolute atomic E-state index is 11.7. The molecule has 1 aliphatic rings. The molecule has 0 amide bonds. The zero-order valence-corrected chi connectivity index (χ0v) is 12.1. The molecule has 2 aromatic heterocycles. The molecule has 112 valence electrons. The number of hydrogen-bond acceptors (Lipinski definition) is 5. The average molecular weight is 309 g/mol. The van der Waals surface area contributed by atoms with Gasteiger partial charge in [0, 0.05) is 12.6 Å². The summed E-state index contributed by atoms with van der Waals surface area (Å²) < 4.78 is 25.0. The predicted octanol–water partition coefficient (Wildman–Crippen LogP) is 0.795. The van der Waals surface area contributed by atoms with Gasteiger partial charge in [0.05, 0.1) is 17.1 Å². The van der Waals surface area contributed by atoms with Gasteiger partial charge in [0.2, 0.25) is 0 Å². The molecule has 0 spiro atoms. The Morgan fingerprint density at radius 2 is 2.24 bits per heavy atom. The summed E-state index contributed by atoms with van der Waals surface area (Å²) >= 11 is 0. The second kappa shape index (κ2) is 5.10. The van der Waals surface area contributed by atoms with Gasteiger partial charge in [0.1, 0.15) is 5.82 Å². The van der Waals surface area contributed by atoms with Crippen LogP contribution in [0.5, 0.6) is 0 Å². The molecule has 0 saturated carbocycles. The summed E-state index contributed by atoms with van der Waals surface area (Å²) in [4.78, 5) is 10.9. The number of hydrogen-bond donors (Lipinski definition) is 1. The first kappa shape index (κ1) is 14.0. The maximum atomic E-state index is 11.7. The molecular formula is C13H15N3O4S. The Morgan fingerprint density at radius 1 is 1.43 bits per heavy atom. The second-order valence-electron chi connectivity index (χ2n) is 5.39. The third kappa shape index (κ3) is 2.90. The number of aromatic nitrogens is 3. The maximum Gasteiger partial charge on any atom is 0.335 e. The monoisotopic (exact) mass is 309 g/mol. The van der Waals surface area contributed by atoms with E-state index >= 15 is 0 Å². The smallest absolute Gasteiger partial charge is 0.335 e. The number of carboxylic acid groups (broad SMARTS) is 1. The third-order valence-electron chi connectivity index (χ3n) is 3.76. The number of fused-ring (bicyclic) bond motifs is 1. The number of pyridine rings is 1. The van der Waals surface area contributed by atoms with E-state index in [1.54, 1.807) is 10.6 Å². The minimum Gasteiger partial charge on any atom is -0.478 e. The molecule has 1 unspecified atom stereocenters. The van der Waals surface area contributed by atoms with Crippen molar-refractivity contribution in [3.63, 3.8) is 0 Å². The van der Waals surface area contributed by atoms with E-state index in [0.717, 1.165) is 6.42 Å². The molecule has 21 heavy (non-hydrogen) atoms. The van der Waals surface area contributed by atoms with E-state index in [2.05, 4.69) is 10.2 Å². The van der Waals surface area contributed by atoms with Crippen molar-refractivity contribution in [2.24, 2.45) is 5.92 Å². The highest BCUT2D eigenvalue weighted by Gasteiger charge is 2.26. The zero-order valence-electron chi connectivity index (χ0n) is 11.3. The molecule has 0 radical (unpaired) electrons. The van der Waals surface area contributed by atoms with Gasteiger partial charge in [-0.2, -0.15) is 0 Å². The van der Waals surface area contributed by atoms with Gasteiger partial charge in [0.25, 0.3) is 0 Å². The van der Waals surface area contributed by atoms with Crippen LogP contribution in [-0.2, 0) is 16.3 Å². The van der Waals surface area contributed by atoms with Gasteiger partial charge in [-0.1, -0.05) is 0 Å². The molecule has 0 aromatic carbocycles. The molecular weight excluding hydrogens is 294 g/mol. The SMILES string of the molecule is O=C(O)c1ccn2c(CC3CCCS(=O)(=O)C3)nnc2c1. The molecule has 1 fully saturated rings.